The monoisotopic (exact) mass is 483 g/mol. The van der Waals surface area contributed by atoms with E-state index >= 15 is 0 Å². The van der Waals surface area contributed by atoms with Crippen LogP contribution in [0.25, 0.3) is 20.4 Å². The number of thiophene rings is 1. The molecule has 33 heavy (non-hydrogen) atoms. The van der Waals surface area contributed by atoms with Crippen molar-refractivity contribution >= 4 is 60.7 Å². The number of unbranched alkanes of at least 4 members (excludes halogenated alkanes) is 1. The molecule has 0 fully saturated rings. The Bertz CT molecular complexity index is 1380. The van der Waals surface area contributed by atoms with Crippen molar-refractivity contribution in [2.45, 2.75) is 45.1 Å². The summed E-state index contributed by atoms with van der Waals surface area (Å²) < 4.78 is 6.69. The van der Waals surface area contributed by atoms with Crippen molar-refractivity contribution in [2.24, 2.45) is 0 Å². The Morgan fingerprint density at radius 2 is 2.21 bits per heavy atom. The van der Waals surface area contributed by atoms with Crippen LogP contribution >= 0.6 is 22.7 Å². The van der Waals surface area contributed by atoms with Crippen LogP contribution in [0, 0.1) is 0 Å². The van der Waals surface area contributed by atoms with Crippen molar-refractivity contribution in [2.75, 3.05) is 18.9 Å². The van der Waals surface area contributed by atoms with E-state index in [-0.39, 0.29) is 17.1 Å². The van der Waals surface area contributed by atoms with Gasteiger partial charge in [-0.1, -0.05) is 24.7 Å². The number of nitrogens with zero attached hydrogens (tertiary/aromatic N) is 3. The zero-order valence-electron chi connectivity index (χ0n) is 18.5. The van der Waals surface area contributed by atoms with E-state index in [0.29, 0.717) is 13.0 Å². The Hall–Kier alpha value is -2.98. The maximum atomic E-state index is 12.4. The molecule has 0 bridgehead atoms. The lowest BCUT2D eigenvalue weighted by atomic mass is 9.94. The summed E-state index contributed by atoms with van der Waals surface area (Å²) in [5, 5.41) is 4.45. The van der Waals surface area contributed by atoms with Crippen molar-refractivity contribution in [1.29, 1.82) is 0 Å². The van der Waals surface area contributed by atoms with Crippen LogP contribution < -0.4 is 10.2 Å². The second-order valence-corrected chi connectivity index (χ2v) is 10.4. The van der Waals surface area contributed by atoms with E-state index in [1.165, 1.54) is 21.8 Å². The maximum Gasteiger partial charge on any atom is 0.409 e. The molecule has 1 atom stereocenters. The van der Waals surface area contributed by atoms with Gasteiger partial charge in [0.2, 0.25) is 0 Å². The minimum absolute atomic E-state index is 0.0645. The largest absolute Gasteiger partial charge is 0.446 e. The third kappa shape index (κ3) is 4.45. The van der Waals surface area contributed by atoms with Gasteiger partial charge in [0.1, 0.15) is 23.1 Å². The second-order valence-electron chi connectivity index (χ2n) is 8.28. The first-order chi connectivity index (χ1) is 16.0. The van der Waals surface area contributed by atoms with Gasteiger partial charge >= 0.3 is 11.0 Å². The zero-order chi connectivity index (χ0) is 22.9. The summed E-state index contributed by atoms with van der Waals surface area (Å²) in [5.74, 6) is 0.759. The van der Waals surface area contributed by atoms with Gasteiger partial charge < -0.3 is 19.9 Å². The molecule has 1 aromatic carbocycles. The predicted molar refractivity (Wildman–Crippen MR) is 133 cm³/mol. The average Bonchev–Trinajstić information content (AvgIpc) is 3.36. The summed E-state index contributed by atoms with van der Waals surface area (Å²) in [6.45, 7) is 2.82. The van der Waals surface area contributed by atoms with Gasteiger partial charge in [-0.15, -0.1) is 11.3 Å². The number of ether oxygens (including phenoxy) is 1. The average molecular weight is 484 g/mol. The Morgan fingerprint density at radius 1 is 1.33 bits per heavy atom. The molecule has 1 amide bonds. The normalized spacial score (nSPS) is 15.5. The molecule has 1 unspecified atom stereocenters. The lowest BCUT2D eigenvalue weighted by molar-refractivity contribution is 0.0630. The first-order valence-electron chi connectivity index (χ1n) is 11.1. The highest BCUT2D eigenvalue weighted by Gasteiger charge is 2.28. The van der Waals surface area contributed by atoms with E-state index in [1.807, 2.05) is 18.2 Å². The Balaban J connectivity index is 1.37. The molecule has 8 nitrogen and oxygen atoms in total. The number of carbonyl (C=O) groups excluding carboxylic acids is 1. The van der Waals surface area contributed by atoms with Gasteiger partial charge in [0.05, 0.1) is 15.6 Å². The second kappa shape index (κ2) is 9.11. The number of nitrogens with one attached hydrogen (secondary N) is 2. The standard InChI is InChI=1S/C23H25N5O3S2/c1-3-4-9-28(2)23(30)31-14-6-7-15-17(11-14)32-21-19(15)20(24-12-25-21)26-13-5-8-16-18(10-13)33-22(29)27-16/h5,8,10,12,14H,3-4,6-7,9,11H2,1-2H3,(H,27,29)(H,24,25,26). The lowest BCUT2D eigenvalue weighted by Gasteiger charge is -2.25. The number of hydrogen-bond donors (Lipinski definition) is 2. The van der Waals surface area contributed by atoms with Crippen LogP contribution in [-0.2, 0) is 17.6 Å². The van der Waals surface area contributed by atoms with E-state index in [2.05, 4.69) is 27.2 Å². The van der Waals surface area contributed by atoms with Gasteiger partial charge in [-0.25, -0.2) is 14.8 Å². The minimum Gasteiger partial charge on any atom is -0.446 e. The van der Waals surface area contributed by atoms with Crippen LogP contribution in [0.15, 0.2) is 29.3 Å². The third-order valence-corrected chi connectivity index (χ3v) is 7.92. The van der Waals surface area contributed by atoms with Crippen LogP contribution in [0.5, 0.6) is 0 Å². The van der Waals surface area contributed by atoms with E-state index in [0.717, 1.165) is 57.6 Å². The van der Waals surface area contributed by atoms with Crippen LogP contribution in [0.3, 0.4) is 0 Å². The summed E-state index contributed by atoms with van der Waals surface area (Å²) in [4.78, 5) is 39.6. The molecule has 4 aromatic rings. The van der Waals surface area contributed by atoms with Gasteiger partial charge in [0, 0.05) is 30.6 Å². The predicted octanol–water partition coefficient (Wildman–Crippen LogP) is 5.06. The first-order valence-corrected chi connectivity index (χ1v) is 12.7. The molecule has 3 heterocycles. The minimum atomic E-state index is -0.248. The fourth-order valence-electron chi connectivity index (χ4n) is 4.15. The van der Waals surface area contributed by atoms with Gasteiger partial charge in [-0.2, -0.15) is 0 Å². The smallest absolute Gasteiger partial charge is 0.409 e. The number of thiazole rings is 1. The molecule has 3 aromatic heterocycles. The fraction of sp³-hybridized carbons (Fsp3) is 0.391. The fourth-order valence-corrected chi connectivity index (χ4v) is 6.18. The lowest BCUT2D eigenvalue weighted by Crippen LogP contribution is -2.33. The summed E-state index contributed by atoms with van der Waals surface area (Å²) in [6, 6.07) is 5.78. The van der Waals surface area contributed by atoms with E-state index in [4.69, 9.17) is 4.74 Å². The number of H-pyrrole nitrogens is 1. The van der Waals surface area contributed by atoms with Crippen molar-refractivity contribution in [3.05, 3.63) is 44.6 Å². The molecule has 0 radical (unpaired) electrons. The van der Waals surface area contributed by atoms with Gasteiger partial charge in [-0.3, -0.25) is 4.79 Å². The maximum absolute atomic E-state index is 12.4. The zero-order valence-corrected chi connectivity index (χ0v) is 20.1. The highest BCUT2D eigenvalue weighted by Crippen LogP contribution is 2.39. The Kier molecular flexibility index (Phi) is 6.03. The van der Waals surface area contributed by atoms with Gasteiger partial charge in [0.15, 0.2) is 0 Å². The number of carbonyl (C=O) groups is 1. The summed E-state index contributed by atoms with van der Waals surface area (Å²) in [5.41, 5.74) is 2.93. The van der Waals surface area contributed by atoms with Crippen molar-refractivity contribution in [1.82, 2.24) is 19.9 Å². The topological polar surface area (TPSA) is 100 Å². The van der Waals surface area contributed by atoms with Gasteiger partial charge in [0.25, 0.3) is 0 Å². The van der Waals surface area contributed by atoms with E-state index < -0.39 is 0 Å². The molecular formula is C23H25N5O3S2. The molecule has 1 aliphatic rings. The molecule has 172 valence electrons. The molecular weight excluding hydrogens is 458 g/mol. The number of benzene rings is 1. The SMILES string of the molecule is CCCCN(C)C(=O)OC1CCc2c(sc3ncnc(Nc4ccc5[nH]c(=O)sc5c4)c23)C1. The van der Waals surface area contributed by atoms with E-state index in [1.54, 1.807) is 29.6 Å². The molecule has 0 saturated heterocycles. The number of aromatic amines is 1. The van der Waals surface area contributed by atoms with Crippen LogP contribution in [0.4, 0.5) is 16.3 Å². The molecule has 5 rings (SSSR count). The Morgan fingerprint density at radius 3 is 3.06 bits per heavy atom. The summed E-state index contributed by atoms with van der Waals surface area (Å²) in [7, 11) is 1.79. The molecule has 0 aliphatic heterocycles. The summed E-state index contributed by atoms with van der Waals surface area (Å²) in [6.07, 6.45) is 5.51. The molecule has 0 spiro atoms. The number of hydrogen-bond acceptors (Lipinski definition) is 8. The van der Waals surface area contributed by atoms with E-state index in [9.17, 15) is 9.59 Å². The number of amides is 1. The number of fused-ring (bicyclic) bond motifs is 4. The molecule has 1 aliphatic carbocycles. The van der Waals surface area contributed by atoms with Crippen LogP contribution in [-0.4, -0.2) is 45.6 Å². The third-order valence-electron chi connectivity index (χ3n) is 5.91. The molecule has 2 N–H and O–H groups in total. The van der Waals surface area contributed by atoms with Crippen molar-refractivity contribution in [3.63, 3.8) is 0 Å². The number of aromatic nitrogens is 3. The highest BCUT2D eigenvalue weighted by molar-refractivity contribution is 7.19. The number of rotatable bonds is 6. The first kappa shape index (κ1) is 21.8. The van der Waals surface area contributed by atoms with Gasteiger partial charge in [-0.05, 0) is 43.0 Å². The summed E-state index contributed by atoms with van der Waals surface area (Å²) >= 11 is 2.83. The molecule has 0 saturated carbocycles. The molecule has 10 heteroatoms. The van der Waals surface area contributed by atoms with Crippen LogP contribution in [0.1, 0.15) is 36.6 Å². The Labute approximate surface area is 198 Å². The quantitative estimate of drug-likeness (QED) is 0.397. The number of anilines is 2. The van der Waals surface area contributed by atoms with Crippen LogP contribution in [0.2, 0.25) is 0 Å². The van der Waals surface area contributed by atoms with Crippen molar-refractivity contribution < 1.29 is 9.53 Å². The number of aryl methyl sites for hydroxylation is 1. The van der Waals surface area contributed by atoms with Crippen molar-refractivity contribution in [3.8, 4) is 0 Å². The highest BCUT2D eigenvalue weighted by atomic mass is 32.1.